The molecule has 2 heterocycles. The second-order valence-corrected chi connectivity index (χ2v) is 15.0. The summed E-state index contributed by atoms with van der Waals surface area (Å²) < 4.78 is 45.6. The predicted octanol–water partition coefficient (Wildman–Crippen LogP) is 15.8. The van der Waals surface area contributed by atoms with Gasteiger partial charge in [-0.05, 0) is 111 Å². The lowest BCUT2D eigenvalue weighted by Crippen LogP contribution is -2.10. The van der Waals surface area contributed by atoms with Crippen LogP contribution in [0.15, 0.2) is 223 Å². The topological polar surface area (TPSA) is 21.3 Å². The maximum absolute atomic E-state index is 9.50. The third-order valence-electron chi connectivity index (χ3n) is 11.6. The summed E-state index contributed by atoms with van der Waals surface area (Å²) in [5, 5.41) is 7.00. The van der Waals surface area contributed by atoms with Gasteiger partial charge in [0.25, 0.3) is 0 Å². The fourth-order valence-corrected chi connectivity index (χ4v) is 8.91. The van der Waals surface area contributed by atoms with Crippen LogP contribution in [0.5, 0.6) is 0 Å². The van der Waals surface area contributed by atoms with Crippen molar-refractivity contribution in [2.75, 3.05) is 4.90 Å². The smallest absolute Gasteiger partial charge is 0.137 e. The largest absolute Gasteiger partial charge is 0.456 e. The number of benzene rings is 10. The van der Waals surface area contributed by atoms with Crippen molar-refractivity contribution >= 4 is 82.4 Å². The Morgan fingerprint density at radius 2 is 1.12 bits per heavy atom. The molecule has 12 rings (SSSR count). The zero-order chi connectivity index (χ0) is 42.3. The highest BCUT2D eigenvalue weighted by Crippen LogP contribution is 2.44. The lowest BCUT2D eigenvalue weighted by atomic mass is 9.93. The number of aromatic nitrogens is 1. The van der Waals surface area contributed by atoms with Crippen molar-refractivity contribution in [1.29, 1.82) is 0 Å². The molecule has 0 amide bonds. The van der Waals surface area contributed by atoms with E-state index in [2.05, 4.69) is 131 Å². The summed E-state index contributed by atoms with van der Waals surface area (Å²) in [6, 6.07) is 66.0. The van der Waals surface area contributed by atoms with Gasteiger partial charge < -0.3 is 13.9 Å². The van der Waals surface area contributed by atoms with E-state index in [1.165, 1.54) is 0 Å². The number of para-hydroxylation sites is 2. The van der Waals surface area contributed by atoms with E-state index in [0.717, 1.165) is 94.0 Å². The van der Waals surface area contributed by atoms with Crippen LogP contribution in [0, 0.1) is 0 Å². The first kappa shape index (κ1) is 29.4. The molecule has 0 fully saturated rings. The maximum Gasteiger partial charge on any atom is 0.137 e. The lowest BCUT2D eigenvalue weighted by molar-refractivity contribution is 0.669. The standard InChI is InChI=1S/C56H36N2O/c1-2-12-37(13-3-1)39-26-29-43(30-27-39)57(46-31-32-49-48-19-7-9-23-53(48)59-54(49)36-46)44-17-11-18-45(35-44)58-51-22-8-6-20-50(51)56-52(58)33-28-40-16-10-21-47(55(40)56)42-25-24-38-14-4-5-15-41(38)34-42/h1-36H/i10D,16D,21D,28D. The van der Waals surface area contributed by atoms with Gasteiger partial charge in [0.2, 0.25) is 0 Å². The monoisotopic (exact) mass is 756 g/mol. The second-order valence-electron chi connectivity index (χ2n) is 15.0. The molecule has 0 saturated carbocycles. The molecule has 276 valence electrons. The van der Waals surface area contributed by atoms with Crippen molar-refractivity contribution in [3.8, 4) is 27.9 Å². The van der Waals surface area contributed by atoms with Crippen LogP contribution in [0.3, 0.4) is 0 Å². The molecule has 0 aliphatic rings. The van der Waals surface area contributed by atoms with E-state index in [-0.39, 0.29) is 24.2 Å². The molecule has 3 nitrogen and oxygen atoms in total. The van der Waals surface area contributed by atoms with Crippen molar-refractivity contribution in [3.63, 3.8) is 0 Å². The molecule has 12 aromatic rings. The summed E-state index contributed by atoms with van der Waals surface area (Å²) in [7, 11) is 0. The molecular weight excluding hydrogens is 717 g/mol. The van der Waals surface area contributed by atoms with Crippen molar-refractivity contribution in [1.82, 2.24) is 4.57 Å². The highest BCUT2D eigenvalue weighted by molar-refractivity contribution is 6.25. The second kappa shape index (κ2) is 13.4. The van der Waals surface area contributed by atoms with Crippen molar-refractivity contribution in [3.05, 3.63) is 218 Å². The molecule has 0 radical (unpaired) electrons. The number of furan rings is 1. The third-order valence-corrected chi connectivity index (χ3v) is 11.6. The van der Waals surface area contributed by atoms with E-state index in [4.69, 9.17) is 7.16 Å². The minimum absolute atomic E-state index is 0.0242. The molecule has 0 N–H and O–H groups in total. The van der Waals surface area contributed by atoms with Gasteiger partial charge in [-0.2, -0.15) is 0 Å². The highest BCUT2D eigenvalue weighted by Gasteiger charge is 2.20. The lowest BCUT2D eigenvalue weighted by Gasteiger charge is -2.26. The third kappa shape index (κ3) is 5.44. The van der Waals surface area contributed by atoms with Crippen LogP contribution >= 0.6 is 0 Å². The average Bonchev–Trinajstić information content (AvgIpc) is 3.86. The van der Waals surface area contributed by atoms with E-state index in [9.17, 15) is 2.74 Å². The number of rotatable bonds is 6. The first-order valence-electron chi connectivity index (χ1n) is 21.8. The number of fused-ring (bicyclic) bond motifs is 9. The van der Waals surface area contributed by atoms with Gasteiger partial charge in [-0.25, -0.2) is 0 Å². The number of hydrogen-bond acceptors (Lipinski definition) is 2. The van der Waals surface area contributed by atoms with E-state index in [1.807, 2.05) is 72.8 Å². The van der Waals surface area contributed by atoms with Gasteiger partial charge in [0.1, 0.15) is 11.2 Å². The van der Waals surface area contributed by atoms with E-state index >= 15 is 0 Å². The molecule has 0 aliphatic carbocycles. The summed E-state index contributed by atoms with van der Waals surface area (Å²) in [6.07, 6.45) is 0. The zero-order valence-corrected chi connectivity index (χ0v) is 31.8. The Balaban J connectivity index is 1.10. The first-order chi connectivity index (χ1) is 30.9. The molecule has 0 aliphatic heterocycles. The molecule has 0 spiro atoms. The van der Waals surface area contributed by atoms with Crippen LogP contribution in [-0.4, -0.2) is 4.57 Å². The van der Waals surface area contributed by atoms with Gasteiger partial charge in [0, 0.05) is 50.4 Å². The summed E-state index contributed by atoms with van der Waals surface area (Å²) >= 11 is 0. The number of nitrogens with zero attached hydrogens (tertiary/aromatic N) is 2. The molecule has 0 unspecified atom stereocenters. The molecule has 3 heteroatoms. The van der Waals surface area contributed by atoms with Gasteiger partial charge in [-0.3, -0.25) is 0 Å². The molecule has 0 atom stereocenters. The zero-order valence-electron chi connectivity index (χ0n) is 35.8. The molecule has 10 aromatic carbocycles. The molecule has 0 bridgehead atoms. The van der Waals surface area contributed by atoms with Crippen LogP contribution in [0.2, 0.25) is 0 Å². The molecule has 2 aromatic heterocycles. The van der Waals surface area contributed by atoms with Crippen LogP contribution < -0.4 is 4.90 Å². The Morgan fingerprint density at radius 1 is 0.407 bits per heavy atom. The molecule has 59 heavy (non-hydrogen) atoms. The Bertz CT molecular complexity index is 3800. The highest BCUT2D eigenvalue weighted by atomic mass is 16.3. The van der Waals surface area contributed by atoms with Crippen molar-refractivity contribution < 1.29 is 9.90 Å². The first-order valence-corrected chi connectivity index (χ1v) is 19.8. The Kier molecular flexibility index (Phi) is 6.65. The van der Waals surface area contributed by atoms with Crippen molar-refractivity contribution in [2.24, 2.45) is 0 Å². The van der Waals surface area contributed by atoms with Gasteiger partial charge >= 0.3 is 0 Å². The minimum atomic E-state index is -0.187. The SMILES string of the molecule is [2H]c1c([2H])c(-c2ccc3ccccc3c2)c2c(c([2H])cc3c2c2ccccc2n3-c2cccc(N(c3ccc(-c4ccccc4)cc3)c3ccc4c(c3)oc3ccccc34)c2)c1[2H]. The number of hydrogen-bond donors (Lipinski definition) is 0. The van der Waals surface area contributed by atoms with Crippen LogP contribution in [0.1, 0.15) is 5.48 Å². The van der Waals surface area contributed by atoms with Gasteiger partial charge in [0.05, 0.1) is 16.5 Å². The molecule has 0 saturated heterocycles. The van der Waals surface area contributed by atoms with Gasteiger partial charge in [0.15, 0.2) is 0 Å². The van der Waals surface area contributed by atoms with E-state index in [1.54, 1.807) is 0 Å². The Labute approximate surface area is 346 Å². The maximum atomic E-state index is 9.50. The fraction of sp³-hybridized carbons (Fsp3) is 0. The van der Waals surface area contributed by atoms with E-state index < -0.39 is 0 Å². The quantitative estimate of drug-likeness (QED) is 0.168. The van der Waals surface area contributed by atoms with Gasteiger partial charge in [-0.15, -0.1) is 0 Å². The van der Waals surface area contributed by atoms with Gasteiger partial charge in [-0.1, -0.05) is 145 Å². The summed E-state index contributed by atoms with van der Waals surface area (Å²) in [5.74, 6) is 0. The minimum Gasteiger partial charge on any atom is -0.456 e. The number of anilines is 3. The summed E-state index contributed by atoms with van der Waals surface area (Å²) in [5.41, 5.74) is 10.7. The normalized spacial score (nSPS) is 12.7. The Hall–Kier alpha value is -7.88. The van der Waals surface area contributed by atoms with Crippen LogP contribution in [0.4, 0.5) is 17.1 Å². The van der Waals surface area contributed by atoms with Crippen LogP contribution in [-0.2, 0) is 0 Å². The van der Waals surface area contributed by atoms with Crippen molar-refractivity contribution in [2.45, 2.75) is 0 Å². The summed E-state index contributed by atoms with van der Waals surface area (Å²) in [4.78, 5) is 2.25. The van der Waals surface area contributed by atoms with E-state index in [0.29, 0.717) is 16.3 Å². The Morgan fingerprint density at radius 3 is 2.02 bits per heavy atom. The predicted molar refractivity (Wildman–Crippen MR) is 249 cm³/mol. The molecular formula is C56H36N2O. The summed E-state index contributed by atoms with van der Waals surface area (Å²) in [6.45, 7) is 0. The van der Waals surface area contributed by atoms with Crippen LogP contribution in [0.25, 0.3) is 93.2 Å². The average molecular weight is 757 g/mol. The fourth-order valence-electron chi connectivity index (χ4n) is 8.91.